The number of benzene rings is 1. The Labute approximate surface area is 178 Å². The highest BCUT2D eigenvalue weighted by Gasteiger charge is 2.10. The molecule has 0 bridgehead atoms. The lowest BCUT2D eigenvalue weighted by Crippen LogP contribution is -2.36. The molecule has 6 nitrogen and oxygen atoms in total. The molecule has 2 N–H and O–H groups in total. The van der Waals surface area contributed by atoms with Gasteiger partial charge in [0.05, 0.1) is 17.8 Å². The standard InChI is InChI=1S/C20H20Cl2FN5O/c1-24-20(27-11-14-9-16(21)19(22)28(14)2)26-10-13-5-6-18(17(23)8-13)29-15-4-3-7-25-12-15/h3-9,12H,10-11H2,1-2H3,(H2,24,26,27). The van der Waals surface area contributed by atoms with Crippen molar-refractivity contribution < 1.29 is 9.13 Å². The molecule has 0 aliphatic rings. The molecular weight excluding hydrogens is 416 g/mol. The number of nitrogens with zero attached hydrogens (tertiary/aromatic N) is 3. The van der Waals surface area contributed by atoms with Gasteiger partial charge >= 0.3 is 0 Å². The SMILES string of the molecule is CN=C(NCc1ccc(Oc2cccnc2)c(F)c1)NCc1cc(Cl)c(Cl)n1C. The van der Waals surface area contributed by atoms with E-state index in [4.69, 9.17) is 27.9 Å². The second kappa shape index (κ2) is 9.62. The van der Waals surface area contributed by atoms with Gasteiger partial charge in [0, 0.05) is 32.5 Å². The molecule has 2 heterocycles. The maximum Gasteiger partial charge on any atom is 0.191 e. The van der Waals surface area contributed by atoms with Crippen molar-refractivity contribution in [2.45, 2.75) is 13.1 Å². The Hall–Kier alpha value is -2.77. The largest absolute Gasteiger partial charge is 0.453 e. The van der Waals surface area contributed by atoms with Crippen LogP contribution in [0.1, 0.15) is 11.3 Å². The highest BCUT2D eigenvalue weighted by atomic mass is 35.5. The zero-order chi connectivity index (χ0) is 20.8. The van der Waals surface area contributed by atoms with Crippen molar-refractivity contribution in [2.75, 3.05) is 7.05 Å². The van der Waals surface area contributed by atoms with Crippen LogP contribution >= 0.6 is 23.2 Å². The van der Waals surface area contributed by atoms with Gasteiger partial charge in [-0.05, 0) is 35.9 Å². The lowest BCUT2D eigenvalue weighted by atomic mass is 10.2. The molecule has 0 aliphatic carbocycles. The number of halogens is 3. The minimum absolute atomic E-state index is 0.140. The Balaban J connectivity index is 1.56. The molecule has 29 heavy (non-hydrogen) atoms. The number of aliphatic imine (C=N–C) groups is 1. The molecule has 0 atom stereocenters. The number of guanidine groups is 1. The van der Waals surface area contributed by atoms with Crippen LogP contribution in [-0.4, -0.2) is 22.6 Å². The minimum atomic E-state index is -0.454. The normalized spacial score (nSPS) is 11.4. The Kier molecular flexibility index (Phi) is 6.95. The summed E-state index contributed by atoms with van der Waals surface area (Å²) in [6, 6.07) is 10.0. The molecule has 152 valence electrons. The Morgan fingerprint density at radius 2 is 2.00 bits per heavy atom. The maximum absolute atomic E-state index is 14.3. The van der Waals surface area contributed by atoms with Gasteiger partial charge in [-0.1, -0.05) is 29.3 Å². The first-order chi connectivity index (χ1) is 14.0. The molecule has 0 unspecified atom stereocenters. The van der Waals surface area contributed by atoms with Crippen LogP contribution in [0.3, 0.4) is 0 Å². The molecule has 0 saturated heterocycles. The fourth-order valence-corrected chi connectivity index (χ4v) is 3.03. The number of aromatic nitrogens is 2. The Morgan fingerprint density at radius 1 is 1.21 bits per heavy atom. The lowest BCUT2D eigenvalue weighted by molar-refractivity contribution is 0.440. The van der Waals surface area contributed by atoms with Crippen molar-refractivity contribution in [1.29, 1.82) is 0 Å². The van der Waals surface area contributed by atoms with E-state index in [0.717, 1.165) is 11.3 Å². The molecule has 0 saturated carbocycles. The fraction of sp³-hybridized carbons (Fsp3) is 0.200. The summed E-state index contributed by atoms with van der Waals surface area (Å²) in [6.45, 7) is 0.868. The van der Waals surface area contributed by atoms with Gasteiger partial charge < -0.3 is 19.9 Å². The average Bonchev–Trinajstić information content (AvgIpc) is 2.97. The second-order valence-electron chi connectivity index (χ2n) is 6.17. The van der Waals surface area contributed by atoms with E-state index < -0.39 is 5.82 Å². The van der Waals surface area contributed by atoms with Crippen LogP contribution in [0.15, 0.2) is 53.8 Å². The third-order valence-corrected chi connectivity index (χ3v) is 5.04. The first-order valence-corrected chi connectivity index (χ1v) is 9.54. The zero-order valence-electron chi connectivity index (χ0n) is 15.9. The number of hydrogen-bond acceptors (Lipinski definition) is 3. The van der Waals surface area contributed by atoms with Gasteiger partial charge in [0.1, 0.15) is 10.9 Å². The molecule has 0 fully saturated rings. The van der Waals surface area contributed by atoms with Crippen LogP contribution in [0.5, 0.6) is 11.5 Å². The van der Waals surface area contributed by atoms with E-state index in [1.165, 1.54) is 12.3 Å². The number of hydrogen-bond donors (Lipinski definition) is 2. The molecule has 0 aliphatic heterocycles. The molecular formula is C20H20Cl2FN5O. The maximum atomic E-state index is 14.3. The highest BCUT2D eigenvalue weighted by molar-refractivity contribution is 6.41. The summed E-state index contributed by atoms with van der Waals surface area (Å²) in [5.41, 5.74) is 1.65. The second-order valence-corrected chi connectivity index (χ2v) is 6.93. The van der Waals surface area contributed by atoms with E-state index in [-0.39, 0.29) is 5.75 Å². The van der Waals surface area contributed by atoms with Crippen molar-refractivity contribution in [3.05, 3.63) is 76.0 Å². The summed E-state index contributed by atoms with van der Waals surface area (Å²) < 4.78 is 21.6. The smallest absolute Gasteiger partial charge is 0.191 e. The summed E-state index contributed by atoms with van der Waals surface area (Å²) in [6.07, 6.45) is 3.15. The van der Waals surface area contributed by atoms with Gasteiger partial charge in [-0.25, -0.2) is 4.39 Å². The highest BCUT2D eigenvalue weighted by Crippen LogP contribution is 2.25. The van der Waals surface area contributed by atoms with Gasteiger partial charge in [0.25, 0.3) is 0 Å². The third kappa shape index (κ3) is 5.40. The summed E-state index contributed by atoms with van der Waals surface area (Å²) in [4.78, 5) is 8.11. The van der Waals surface area contributed by atoms with E-state index >= 15 is 0 Å². The molecule has 2 aromatic heterocycles. The molecule has 0 spiro atoms. The van der Waals surface area contributed by atoms with E-state index in [9.17, 15) is 4.39 Å². The van der Waals surface area contributed by atoms with Crippen molar-refractivity contribution in [3.63, 3.8) is 0 Å². The first kappa shape index (κ1) is 21.0. The van der Waals surface area contributed by atoms with Gasteiger partial charge in [-0.3, -0.25) is 9.98 Å². The molecule has 9 heteroatoms. The molecule has 0 radical (unpaired) electrons. The van der Waals surface area contributed by atoms with Crippen molar-refractivity contribution in [2.24, 2.45) is 12.0 Å². The predicted molar refractivity (Wildman–Crippen MR) is 113 cm³/mol. The molecule has 3 aromatic rings. The van der Waals surface area contributed by atoms with E-state index in [2.05, 4.69) is 20.6 Å². The number of ether oxygens (including phenoxy) is 1. The van der Waals surface area contributed by atoms with Crippen molar-refractivity contribution in [3.8, 4) is 11.5 Å². The monoisotopic (exact) mass is 435 g/mol. The minimum Gasteiger partial charge on any atom is -0.453 e. The number of pyridine rings is 1. The number of nitrogens with one attached hydrogen (secondary N) is 2. The van der Waals surface area contributed by atoms with Crippen LogP contribution in [-0.2, 0) is 20.1 Å². The van der Waals surface area contributed by atoms with Crippen LogP contribution in [0, 0.1) is 5.82 Å². The Bertz CT molecular complexity index is 1010. The van der Waals surface area contributed by atoms with E-state index in [1.807, 2.05) is 7.05 Å². The van der Waals surface area contributed by atoms with Crippen molar-refractivity contribution in [1.82, 2.24) is 20.2 Å². The first-order valence-electron chi connectivity index (χ1n) is 8.78. The summed E-state index contributed by atoms with van der Waals surface area (Å²) in [5.74, 6) is 0.725. The number of rotatable bonds is 6. The van der Waals surface area contributed by atoms with Gasteiger partial charge in [0.2, 0.25) is 0 Å². The van der Waals surface area contributed by atoms with Crippen LogP contribution in [0.2, 0.25) is 10.2 Å². The summed E-state index contributed by atoms with van der Waals surface area (Å²) in [7, 11) is 3.49. The van der Waals surface area contributed by atoms with Crippen molar-refractivity contribution >= 4 is 29.2 Å². The summed E-state index contributed by atoms with van der Waals surface area (Å²) in [5, 5.41) is 7.29. The zero-order valence-corrected chi connectivity index (χ0v) is 17.4. The lowest BCUT2D eigenvalue weighted by Gasteiger charge is -2.13. The third-order valence-electron chi connectivity index (χ3n) is 4.19. The van der Waals surface area contributed by atoms with Crippen LogP contribution in [0.25, 0.3) is 0 Å². The summed E-state index contributed by atoms with van der Waals surface area (Å²) >= 11 is 12.1. The van der Waals surface area contributed by atoms with E-state index in [0.29, 0.717) is 35.0 Å². The average molecular weight is 436 g/mol. The Morgan fingerprint density at radius 3 is 2.62 bits per heavy atom. The predicted octanol–water partition coefficient (Wildman–Crippen LogP) is 4.52. The van der Waals surface area contributed by atoms with Gasteiger partial charge in [-0.15, -0.1) is 0 Å². The quantitative estimate of drug-likeness (QED) is 0.441. The fourth-order valence-electron chi connectivity index (χ4n) is 2.61. The van der Waals surface area contributed by atoms with Crippen LogP contribution < -0.4 is 15.4 Å². The molecule has 3 rings (SSSR count). The van der Waals surface area contributed by atoms with Gasteiger partial charge in [0.15, 0.2) is 17.5 Å². The topological polar surface area (TPSA) is 63.5 Å². The molecule has 1 aromatic carbocycles. The molecule has 0 amide bonds. The van der Waals surface area contributed by atoms with E-state index in [1.54, 1.807) is 48.1 Å². The van der Waals surface area contributed by atoms with Gasteiger partial charge in [-0.2, -0.15) is 0 Å². The van der Waals surface area contributed by atoms with Crippen LogP contribution in [0.4, 0.5) is 4.39 Å².